The number of pyridine rings is 2. The Morgan fingerprint density at radius 1 is 1.12 bits per heavy atom. The summed E-state index contributed by atoms with van der Waals surface area (Å²) in [6.45, 7) is 0. The number of aromatic nitrogens is 2. The molecule has 0 saturated carbocycles. The van der Waals surface area contributed by atoms with E-state index in [0.717, 1.165) is 17.8 Å². The van der Waals surface area contributed by atoms with Crippen molar-refractivity contribution < 1.29 is 18.0 Å². The van der Waals surface area contributed by atoms with Crippen molar-refractivity contribution in [2.75, 3.05) is 11.1 Å². The van der Waals surface area contributed by atoms with Crippen molar-refractivity contribution in [3.05, 3.63) is 45.2 Å². The smallest absolute Gasteiger partial charge is 0.309 e. The molecule has 24 heavy (non-hydrogen) atoms. The van der Waals surface area contributed by atoms with E-state index in [9.17, 15) is 18.0 Å². The molecule has 0 aliphatic heterocycles. The molecule has 0 atom stereocenters. The van der Waals surface area contributed by atoms with Gasteiger partial charge in [0.05, 0.1) is 26.4 Å². The fourth-order valence-corrected chi connectivity index (χ4v) is 2.92. The molecule has 0 spiro atoms. The molecule has 0 aliphatic rings. The van der Waals surface area contributed by atoms with E-state index in [1.807, 2.05) is 0 Å². The number of hydrogen-bond acceptors (Lipinski definition) is 4. The van der Waals surface area contributed by atoms with Gasteiger partial charge in [-0.3, -0.25) is 4.79 Å². The number of anilines is 1. The fourth-order valence-electron chi connectivity index (χ4n) is 1.50. The summed E-state index contributed by atoms with van der Waals surface area (Å²) < 4.78 is 37.6. The molecule has 0 unspecified atom stereocenters. The molecule has 2 aromatic rings. The second kappa shape index (κ2) is 7.77. The Labute approximate surface area is 153 Å². The van der Waals surface area contributed by atoms with Crippen LogP contribution in [-0.2, 0) is 11.0 Å². The molecule has 0 bridgehead atoms. The predicted molar refractivity (Wildman–Crippen MR) is 87.9 cm³/mol. The van der Waals surface area contributed by atoms with Crippen molar-refractivity contribution >= 4 is 58.3 Å². The Kier molecular flexibility index (Phi) is 6.19. The van der Waals surface area contributed by atoms with Gasteiger partial charge in [-0.25, -0.2) is 9.97 Å². The Morgan fingerprint density at radius 3 is 2.42 bits per heavy atom. The summed E-state index contributed by atoms with van der Waals surface area (Å²) >= 11 is 18.2. The van der Waals surface area contributed by atoms with Crippen LogP contribution < -0.4 is 5.32 Å². The van der Waals surface area contributed by atoms with Gasteiger partial charge in [0, 0.05) is 12.4 Å². The molecule has 2 heterocycles. The topological polar surface area (TPSA) is 54.9 Å². The van der Waals surface area contributed by atoms with Gasteiger partial charge in [-0.15, -0.1) is 0 Å². The van der Waals surface area contributed by atoms with Crippen LogP contribution in [0.3, 0.4) is 0 Å². The van der Waals surface area contributed by atoms with Crippen LogP contribution in [0.5, 0.6) is 0 Å². The maximum absolute atomic E-state index is 12.5. The Bertz CT molecular complexity index is 774. The minimum absolute atomic E-state index is 0.106. The lowest BCUT2D eigenvalue weighted by Gasteiger charge is -2.09. The van der Waals surface area contributed by atoms with Gasteiger partial charge in [0.25, 0.3) is 0 Å². The molecule has 11 heteroatoms. The number of hydrogen-bond donors (Lipinski definition) is 1. The number of amides is 1. The highest BCUT2D eigenvalue weighted by molar-refractivity contribution is 8.00. The lowest BCUT2D eigenvalue weighted by Crippen LogP contribution is -2.15. The number of nitrogens with zero attached hydrogens (tertiary/aromatic N) is 2. The molecule has 4 nitrogen and oxygen atoms in total. The van der Waals surface area contributed by atoms with E-state index in [4.69, 9.17) is 34.8 Å². The van der Waals surface area contributed by atoms with Crippen molar-refractivity contribution in [1.82, 2.24) is 9.97 Å². The van der Waals surface area contributed by atoms with Crippen LogP contribution >= 0.6 is 46.6 Å². The third kappa shape index (κ3) is 5.14. The minimum atomic E-state index is -4.53. The Hall–Kier alpha value is -1.22. The van der Waals surface area contributed by atoms with E-state index in [1.54, 1.807) is 0 Å². The molecule has 0 aliphatic carbocycles. The molecule has 2 rings (SSSR count). The number of nitrogens with one attached hydrogen (secondary N) is 1. The number of thioether (sulfide) groups is 1. The van der Waals surface area contributed by atoms with Gasteiger partial charge in [-0.2, -0.15) is 13.2 Å². The first-order valence-corrected chi connectivity index (χ1v) is 8.25. The molecular weight excluding hydrogens is 410 g/mol. The number of carbonyl (C=O) groups excluding carboxylic acids is 1. The van der Waals surface area contributed by atoms with Crippen LogP contribution in [0.2, 0.25) is 15.1 Å². The number of halogens is 6. The minimum Gasteiger partial charge on any atom is -0.309 e. The maximum atomic E-state index is 12.5. The van der Waals surface area contributed by atoms with Gasteiger partial charge < -0.3 is 5.32 Å². The highest BCUT2D eigenvalue weighted by Crippen LogP contribution is 2.33. The van der Waals surface area contributed by atoms with E-state index >= 15 is 0 Å². The second-order valence-electron chi connectivity index (χ2n) is 4.33. The third-order valence-corrected chi connectivity index (χ3v) is 4.44. The van der Waals surface area contributed by atoms with Crippen LogP contribution in [0.4, 0.5) is 19.0 Å². The summed E-state index contributed by atoms with van der Waals surface area (Å²) in [6, 6.07) is 2.17. The molecule has 0 radical (unpaired) electrons. The first-order chi connectivity index (χ1) is 11.2. The maximum Gasteiger partial charge on any atom is 0.417 e. The van der Waals surface area contributed by atoms with Gasteiger partial charge in [0.15, 0.2) is 5.82 Å². The molecule has 2 aromatic heterocycles. The van der Waals surface area contributed by atoms with Gasteiger partial charge in [0.1, 0.15) is 5.03 Å². The summed E-state index contributed by atoms with van der Waals surface area (Å²) in [6.07, 6.45) is -2.57. The van der Waals surface area contributed by atoms with E-state index in [-0.39, 0.29) is 26.6 Å². The lowest BCUT2D eigenvalue weighted by molar-refractivity contribution is -0.137. The molecule has 0 fully saturated rings. The van der Waals surface area contributed by atoms with Crippen molar-refractivity contribution in [2.24, 2.45) is 0 Å². The largest absolute Gasteiger partial charge is 0.417 e. The van der Waals surface area contributed by atoms with Crippen LogP contribution in [0, 0.1) is 0 Å². The average Bonchev–Trinajstić information content (AvgIpc) is 2.48. The van der Waals surface area contributed by atoms with Crippen molar-refractivity contribution in [2.45, 2.75) is 11.2 Å². The van der Waals surface area contributed by atoms with E-state index in [2.05, 4.69) is 15.3 Å². The standard InChI is InChI=1S/C13H7Cl3F3N3OS/c14-7-2-8(15)11(20-4-7)22-10(23)5-24-12-9(16)1-6(3-21-12)13(17,18)19/h1-4H,5H2,(H,20,22,23). The quantitative estimate of drug-likeness (QED) is 0.697. The van der Waals surface area contributed by atoms with Gasteiger partial charge in [-0.05, 0) is 12.1 Å². The normalized spacial score (nSPS) is 11.4. The molecule has 1 N–H and O–H groups in total. The van der Waals surface area contributed by atoms with E-state index in [0.29, 0.717) is 11.2 Å². The third-order valence-electron chi connectivity index (χ3n) is 2.54. The molecular formula is C13H7Cl3F3N3OS. The summed E-state index contributed by atoms with van der Waals surface area (Å²) in [5.41, 5.74) is -0.960. The summed E-state index contributed by atoms with van der Waals surface area (Å²) in [5, 5.41) is 2.84. The van der Waals surface area contributed by atoms with E-state index < -0.39 is 17.6 Å². The summed E-state index contributed by atoms with van der Waals surface area (Å²) in [5.74, 6) is -0.494. The Morgan fingerprint density at radius 2 is 1.83 bits per heavy atom. The number of rotatable bonds is 4. The van der Waals surface area contributed by atoms with Crippen LogP contribution in [0.1, 0.15) is 5.56 Å². The molecule has 128 valence electrons. The first-order valence-electron chi connectivity index (χ1n) is 6.13. The predicted octanol–water partition coefficient (Wildman–Crippen LogP) is 5.19. The van der Waals surface area contributed by atoms with Crippen molar-refractivity contribution in [3.8, 4) is 0 Å². The lowest BCUT2D eigenvalue weighted by atomic mass is 10.3. The number of alkyl halides is 3. The highest BCUT2D eigenvalue weighted by atomic mass is 35.5. The van der Waals surface area contributed by atoms with Gasteiger partial charge in [-0.1, -0.05) is 46.6 Å². The average molecular weight is 417 g/mol. The zero-order valence-electron chi connectivity index (χ0n) is 11.5. The van der Waals surface area contributed by atoms with Crippen LogP contribution in [0.15, 0.2) is 29.6 Å². The first kappa shape index (κ1) is 19.1. The van der Waals surface area contributed by atoms with Crippen LogP contribution in [-0.4, -0.2) is 21.6 Å². The second-order valence-corrected chi connectivity index (χ2v) is 6.54. The molecule has 1 amide bonds. The van der Waals surface area contributed by atoms with Crippen LogP contribution in [0.25, 0.3) is 0 Å². The van der Waals surface area contributed by atoms with Crippen molar-refractivity contribution in [3.63, 3.8) is 0 Å². The monoisotopic (exact) mass is 415 g/mol. The zero-order chi connectivity index (χ0) is 17.9. The zero-order valence-corrected chi connectivity index (χ0v) is 14.6. The SMILES string of the molecule is O=C(CSc1ncc(C(F)(F)F)cc1Cl)Nc1ncc(Cl)cc1Cl. The van der Waals surface area contributed by atoms with Crippen molar-refractivity contribution in [1.29, 1.82) is 0 Å². The molecule has 0 saturated heterocycles. The van der Waals surface area contributed by atoms with Gasteiger partial charge >= 0.3 is 6.18 Å². The fraction of sp³-hybridized carbons (Fsp3) is 0.154. The van der Waals surface area contributed by atoms with E-state index in [1.165, 1.54) is 12.3 Å². The highest BCUT2D eigenvalue weighted by Gasteiger charge is 2.31. The Balaban J connectivity index is 1.99. The van der Waals surface area contributed by atoms with Gasteiger partial charge in [0.2, 0.25) is 5.91 Å². The molecule has 0 aromatic carbocycles. The summed E-state index contributed by atoms with van der Waals surface area (Å²) in [4.78, 5) is 19.3. The number of carbonyl (C=O) groups is 1. The summed E-state index contributed by atoms with van der Waals surface area (Å²) in [7, 11) is 0.